The minimum absolute atomic E-state index is 0.364. The third-order valence-electron chi connectivity index (χ3n) is 4.21. The highest BCUT2D eigenvalue weighted by Crippen LogP contribution is 2.15. The van der Waals surface area contributed by atoms with E-state index in [2.05, 4.69) is 33.8 Å². The van der Waals surface area contributed by atoms with Crippen LogP contribution in [0.25, 0.3) is 5.69 Å². The third kappa shape index (κ3) is 2.55. The van der Waals surface area contributed by atoms with Crippen molar-refractivity contribution >= 4 is 12.2 Å². The van der Waals surface area contributed by atoms with Gasteiger partial charge in [-0.2, -0.15) is 5.10 Å². The van der Waals surface area contributed by atoms with Gasteiger partial charge in [0, 0.05) is 5.69 Å². The van der Waals surface area contributed by atoms with Gasteiger partial charge in [-0.1, -0.05) is 18.2 Å². The molecule has 0 bridgehead atoms. The third-order valence-corrected chi connectivity index (χ3v) is 4.48. The van der Waals surface area contributed by atoms with Crippen LogP contribution in [0.3, 0.4) is 0 Å². The van der Waals surface area contributed by atoms with Crippen molar-refractivity contribution in [2.45, 2.75) is 32.2 Å². The highest BCUT2D eigenvalue weighted by molar-refractivity contribution is 7.71. The predicted octanol–water partition coefficient (Wildman–Crippen LogP) is 2.06. The number of nitrogens with zero attached hydrogens (tertiary/aromatic N) is 2. The molecular formula is C15H21N4S+. The van der Waals surface area contributed by atoms with Crippen LogP contribution in [-0.2, 0) is 0 Å². The Balaban J connectivity index is 1.96. The van der Waals surface area contributed by atoms with E-state index in [1.54, 1.807) is 4.90 Å². The van der Waals surface area contributed by atoms with Crippen LogP contribution in [0.1, 0.15) is 38.1 Å². The zero-order valence-corrected chi connectivity index (χ0v) is 12.6. The summed E-state index contributed by atoms with van der Waals surface area (Å²) < 4.78 is 2.75. The van der Waals surface area contributed by atoms with E-state index in [0.29, 0.717) is 10.8 Å². The van der Waals surface area contributed by atoms with Gasteiger partial charge in [-0.15, -0.1) is 0 Å². The molecule has 1 fully saturated rings. The van der Waals surface area contributed by atoms with E-state index in [9.17, 15) is 0 Å². The van der Waals surface area contributed by atoms with Crippen molar-refractivity contribution in [3.05, 3.63) is 40.9 Å². The molecule has 5 heteroatoms. The largest absolute Gasteiger partial charge is 0.326 e. The fourth-order valence-corrected chi connectivity index (χ4v) is 3.29. The number of quaternary nitrogens is 1. The standard InChI is InChI=1S/C15H20N4S/c1-12(18-10-6-3-7-11-18)14-16-17-15(20)19(14)13-8-4-2-5-9-13/h2,4-5,8-9,12H,3,6-7,10-11H2,1H3,(H,17,20)/p+1/t12-/m0/s1. The number of aromatic amines is 1. The predicted molar refractivity (Wildman–Crippen MR) is 81.7 cm³/mol. The Morgan fingerprint density at radius 1 is 1.20 bits per heavy atom. The molecular weight excluding hydrogens is 268 g/mol. The van der Waals surface area contributed by atoms with Crippen molar-refractivity contribution in [2.75, 3.05) is 13.1 Å². The molecule has 1 aromatic heterocycles. The van der Waals surface area contributed by atoms with Gasteiger partial charge in [-0.3, -0.25) is 9.67 Å². The second-order valence-corrected chi connectivity index (χ2v) is 5.89. The number of para-hydroxylation sites is 1. The number of likely N-dealkylation sites (tertiary alicyclic amines) is 1. The molecule has 0 radical (unpaired) electrons. The summed E-state index contributed by atoms with van der Waals surface area (Å²) in [6, 6.07) is 10.6. The Hall–Kier alpha value is -1.46. The molecule has 1 aliphatic heterocycles. The fourth-order valence-electron chi connectivity index (χ4n) is 3.05. The second kappa shape index (κ2) is 5.89. The average molecular weight is 289 g/mol. The van der Waals surface area contributed by atoms with E-state index >= 15 is 0 Å². The van der Waals surface area contributed by atoms with E-state index in [1.807, 2.05) is 18.2 Å². The van der Waals surface area contributed by atoms with E-state index in [4.69, 9.17) is 12.2 Å². The molecule has 4 nitrogen and oxygen atoms in total. The van der Waals surface area contributed by atoms with Gasteiger partial charge in [0.1, 0.15) is 6.04 Å². The van der Waals surface area contributed by atoms with Gasteiger partial charge in [0.25, 0.3) is 0 Å². The molecule has 3 rings (SSSR count). The van der Waals surface area contributed by atoms with Crippen molar-refractivity contribution in [2.24, 2.45) is 0 Å². The van der Waals surface area contributed by atoms with Gasteiger partial charge in [0.05, 0.1) is 13.1 Å². The molecule has 0 amide bonds. The number of H-pyrrole nitrogens is 1. The molecule has 2 heterocycles. The van der Waals surface area contributed by atoms with Gasteiger partial charge in [0.2, 0.25) is 0 Å². The Kier molecular flexibility index (Phi) is 3.98. The first kappa shape index (κ1) is 13.5. The number of benzene rings is 1. The Morgan fingerprint density at radius 2 is 1.90 bits per heavy atom. The topological polar surface area (TPSA) is 38.0 Å². The van der Waals surface area contributed by atoms with Crippen LogP contribution in [0.4, 0.5) is 0 Å². The van der Waals surface area contributed by atoms with Gasteiger partial charge < -0.3 is 4.90 Å². The Morgan fingerprint density at radius 3 is 2.60 bits per heavy atom. The summed E-state index contributed by atoms with van der Waals surface area (Å²) >= 11 is 5.41. The lowest BCUT2D eigenvalue weighted by Crippen LogP contribution is -3.12. The van der Waals surface area contributed by atoms with Crippen molar-refractivity contribution in [3.63, 3.8) is 0 Å². The van der Waals surface area contributed by atoms with E-state index in [0.717, 1.165) is 11.5 Å². The van der Waals surface area contributed by atoms with Crippen LogP contribution < -0.4 is 4.90 Å². The number of hydrogen-bond donors (Lipinski definition) is 2. The van der Waals surface area contributed by atoms with Crippen molar-refractivity contribution in [1.82, 2.24) is 14.8 Å². The first-order valence-electron chi connectivity index (χ1n) is 7.34. The zero-order valence-electron chi connectivity index (χ0n) is 11.8. The van der Waals surface area contributed by atoms with Gasteiger partial charge in [-0.05, 0) is 50.5 Å². The first-order chi connectivity index (χ1) is 9.77. The Bertz CT molecular complexity index is 610. The summed E-state index contributed by atoms with van der Waals surface area (Å²) in [6.45, 7) is 4.72. The lowest BCUT2D eigenvalue weighted by atomic mass is 10.1. The highest BCUT2D eigenvalue weighted by atomic mass is 32.1. The van der Waals surface area contributed by atoms with Crippen molar-refractivity contribution < 1.29 is 4.90 Å². The van der Waals surface area contributed by atoms with E-state index < -0.39 is 0 Å². The molecule has 2 aromatic rings. The van der Waals surface area contributed by atoms with Gasteiger partial charge in [0.15, 0.2) is 10.6 Å². The maximum absolute atomic E-state index is 5.41. The minimum Gasteiger partial charge on any atom is -0.326 e. The molecule has 1 aromatic carbocycles. The molecule has 20 heavy (non-hydrogen) atoms. The smallest absolute Gasteiger partial charge is 0.200 e. The molecule has 1 saturated heterocycles. The summed E-state index contributed by atoms with van der Waals surface area (Å²) in [5, 5.41) is 7.45. The highest BCUT2D eigenvalue weighted by Gasteiger charge is 2.26. The number of rotatable bonds is 3. The zero-order chi connectivity index (χ0) is 13.9. The lowest BCUT2D eigenvalue weighted by Gasteiger charge is -2.28. The number of nitrogens with one attached hydrogen (secondary N) is 2. The van der Waals surface area contributed by atoms with Crippen LogP contribution in [-0.4, -0.2) is 27.9 Å². The maximum Gasteiger partial charge on any atom is 0.200 e. The lowest BCUT2D eigenvalue weighted by molar-refractivity contribution is -0.935. The molecule has 0 saturated carbocycles. The first-order valence-corrected chi connectivity index (χ1v) is 7.75. The molecule has 2 N–H and O–H groups in total. The van der Waals surface area contributed by atoms with Crippen LogP contribution in [0, 0.1) is 4.77 Å². The van der Waals surface area contributed by atoms with Gasteiger partial charge >= 0.3 is 0 Å². The van der Waals surface area contributed by atoms with Crippen LogP contribution in [0.5, 0.6) is 0 Å². The number of hydrogen-bond acceptors (Lipinski definition) is 2. The van der Waals surface area contributed by atoms with Gasteiger partial charge in [-0.25, -0.2) is 0 Å². The summed E-state index contributed by atoms with van der Waals surface area (Å²) in [6.07, 6.45) is 3.99. The van der Waals surface area contributed by atoms with Crippen LogP contribution in [0.15, 0.2) is 30.3 Å². The average Bonchev–Trinajstić information content (AvgIpc) is 2.90. The van der Waals surface area contributed by atoms with E-state index in [1.165, 1.54) is 32.4 Å². The second-order valence-electron chi connectivity index (χ2n) is 5.50. The summed E-state index contributed by atoms with van der Waals surface area (Å²) in [7, 11) is 0. The molecule has 0 unspecified atom stereocenters. The van der Waals surface area contributed by atoms with Crippen LogP contribution in [0.2, 0.25) is 0 Å². The quantitative estimate of drug-likeness (QED) is 0.849. The fraction of sp³-hybridized carbons (Fsp3) is 0.467. The molecule has 0 spiro atoms. The van der Waals surface area contributed by atoms with Crippen molar-refractivity contribution in [1.29, 1.82) is 0 Å². The molecule has 1 atom stereocenters. The number of piperidine rings is 1. The summed E-state index contributed by atoms with van der Waals surface area (Å²) in [5.41, 5.74) is 1.09. The number of aromatic nitrogens is 3. The maximum atomic E-state index is 5.41. The normalized spacial score (nSPS) is 18.1. The summed E-state index contributed by atoms with van der Waals surface area (Å²) in [5.74, 6) is 1.04. The molecule has 1 aliphatic rings. The minimum atomic E-state index is 0.364. The monoisotopic (exact) mass is 289 g/mol. The SMILES string of the molecule is C[C@@H](c1n[nH]c(=S)n1-c1ccccc1)[NH+]1CCCCC1. The van der Waals surface area contributed by atoms with Crippen LogP contribution >= 0.6 is 12.2 Å². The molecule has 0 aliphatic carbocycles. The molecule has 106 valence electrons. The van der Waals surface area contributed by atoms with Crippen molar-refractivity contribution in [3.8, 4) is 5.69 Å². The summed E-state index contributed by atoms with van der Waals surface area (Å²) in [4.78, 5) is 1.61. The Labute approximate surface area is 124 Å². The van der Waals surface area contributed by atoms with E-state index in [-0.39, 0.29) is 0 Å².